The molecule has 0 saturated heterocycles. The van der Waals surface area contributed by atoms with Crippen molar-refractivity contribution in [3.05, 3.63) is 28.4 Å². The van der Waals surface area contributed by atoms with E-state index >= 15 is 0 Å². The Labute approximate surface area is 159 Å². The van der Waals surface area contributed by atoms with Crippen LogP contribution in [-0.4, -0.2) is 25.0 Å². The Morgan fingerprint density at radius 2 is 1.95 bits per heavy atom. The van der Waals surface area contributed by atoms with Crippen LogP contribution in [0, 0.1) is 10.7 Å². The summed E-state index contributed by atoms with van der Waals surface area (Å²) in [6.45, 7) is 2.64. The van der Waals surface area contributed by atoms with E-state index in [1.807, 2.05) is 12.1 Å². The van der Waals surface area contributed by atoms with Gasteiger partial charge in [-0.05, 0) is 93.2 Å². The molecule has 4 nitrogen and oxygen atoms in total. The van der Waals surface area contributed by atoms with Crippen molar-refractivity contribution in [1.82, 2.24) is 5.32 Å². The van der Waals surface area contributed by atoms with E-state index < -0.39 is 0 Å². The normalized spacial score (nSPS) is 10.2. The van der Waals surface area contributed by atoms with Crippen LogP contribution in [0.3, 0.4) is 0 Å². The summed E-state index contributed by atoms with van der Waals surface area (Å²) in [7, 11) is 0. The molecule has 1 rings (SSSR count). The van der Waals surface area contributed by atoms with Gasteiger partial charge in [-0.25, -0.2) is 0 Å². The van der Waals surface area contributed by atoms with Gasteiger partial charge in [-0.2, -0.15) is 0 Å². The molecule has 0 aliphatic heterocycles. The second kappa shape index (κ2) is 9.38. The monoisotopic (exact) mass is 613 g/mol. The Balaban J connectivity index is 2.50. The first-order chi connectivity index (χ1) is 9.45. The number of carbonyl (C=O) groups excluding carboxylic acids is 2. The number of ether oxygens (including phenoxy) is 1. The number of nitrogens with one attached hydrogen (secondary N) is 1. The molecule has 20 heavy (non-hydrogen) atoms. The fraction of sp³-hybridized carbons (Fsp3) is 0.385. The molecule has 0 spiro atoms. The molecule has 1 aromatic carbocycles. The van der Waals surface area contributed by atoms with Crippen LogP contribution in [0.15, 0.2) is 12.1 Å². The highest BCUT2D eigenvalue weighted by Crippen LogP contribution is 2.22. The minimum atomic E-state index is -0.222. The van der Waals surface area contributed by atoms with Crippen molar-refractivity contribution in [2.45, 2.75) is 19.8 Å². The van der Waals surface area contributed by atoms with Gasteiger partial charge in [0, 0.05) is 23.7 Å². The first-order valence-electron chi connectivity index (χ1n) is 6.04. The number of amides is 1. The van der Waals surface area contributed by atoms with Crippen molar-refractivity contribution in [3.63, 3.8) is 0 Å². The summed E-state index contributed by atoms with van der Waals surface area (Å²) in [6.07, 6.45) is 0.914. The number of benzene rings is 1. The summed E-state index contributed by atoms with van der Waals surface area (Å²) in [5.74, 6) is -0.324. The number of esters is 1. The zero-order valence-corrected chi connectivity index (χ0v) is 17.3. The van der Waals surface area contributed by atoms with E-state index in [1.54, 1.807) is 6.92 Å². The molecule has 0 atom stereocenters. The van der Waals surface area contributed by atoms with Gasteiger partial charge in [0.15, 0.2) is 0 Å². The molecule has 0 heterocycles. The van der Waals surface area contributed by atoms with Gasteiger partial charge in [0.1, 0.15) is 0 Å². The average Bonchev–Trinajstić information content (AvgIpc) is 2.39. The Morgan fingerprint density at radius 1 is 1.25 bits per heavy atom. The minimum absolute atomic E-state index is 0.102. The molecular formula is C13H14I3NO3. The van der Waals surface area contributed by atoms with E-state index in [2.05, 4.69) is 73.1 Å². The highest BCUT2D eigenvalue weighted by Gasteiger charge is 2.13. The van der Waals surface area contributed by atoms with Crippen LogP contribution in [0.1, 0.15) is 30.1 Å². The van der Waals surface area contributed by atoms with Crippen LogP contribution in [0.4, 0.5) is 0 Å². The summed E-state index contributed by atoms with van der Waals surface area (Å²) in [5, 5.41) is 2.83. The van der Waals surface area contributed by atoms with Gasteiger partial charge >= 0.3 is 5.97 Å². The van der Waals surface area contributed by atoms with Crippen LogP contribution < -0.4 is 5.32 Å². The van der Waals surface area contributed by atoms with Crippen molar-refractivity contribution in [3.8, 4) is 0 Å². The third-order valence-electron chi connectivity index (χ3n) is 2.39. The maximum Gasteiger partial charge on any atom is 0.305 e. The first-order valence-corrected chi connectivity index (χ1v) is 9.27. The average molecular weight is 613 g/mol. The van der Waals surface area contributed by atoms with Gasteiger partial charge < -0.3 is 10.1 Å². The number of hydrogen-bond acceptors (Lipinski definition) is 3. The van der Waals surface area contributed by atoms with E-state index in [-0.39, 0.29) is 11.9 Å². The lowest BCUT2D eigenvalue weighted by atomic mass is 10.2. The van der Waals surface area contributed by atoms with Crippen LogP contribution in [0.25, 0.3) is 0 Å². The number of halogens is 3. The Bertz CT molecular complexity index is 506. The standard InChI is InChI=1S/C13H14I3NO3/c1-2-20-11(18)4-3-5-17-13(19)9-6-8(14)7-10(15)12(9)16/h6-7H,2-5H2,1H3,(H,17,19). The van der Waals surface area contributed by atoms with Crippen molar-refractivity contribution in [1.29, 1.82) is 0 Å². The SMILES string of the molecule is CCOC(=O)CCCNC(=O)c1cc(I)cc(I)c1I. The van der Waals surface area contributed by atoms with Gasteiger partial charge in [0.05, 0.1) is 12.2 Å². The molecule has 0 unspecified atom stereocenters. The van der Waals surface area contributed by atoms with E-state index in [1.165, 1.54) is 0 Å². The van der Waals surface area contributed by atoms with Crippen molar-refractivity contribution in [2.24, 2.45) is 0 Å². The van der Waals surface area contributed by atoms with Crippen LogP contribution in [-0.2, 0) is 9.53 Å². The van der Waals surface area contributed by atoms with Gasteiger partial charge in [-0.15, -0.1) is 0 Å². The molecule has 110 valence electrons. The summed E-state index contributed by atoms with van der Waals surface area (Å²) >= 11 is 6.59. The van der Waals surface area contributed by atoms with E-state index in [0.717, 1.165) is 10.7 Å². The molecule has 0 fully saturated rings. The lowest BCUT2D eigenvalue weighted by Gasteiger charge is -2.09. The van der Waals surface area contributed by atoms with Gasteiger partial charge in [-0.3, -0.25) is 9.59 Å². The van der Waals surface area contributed by atoms with Crippen LogP contribution in [0.2, 0.25) is 0 Å². The van der Waals surface area contributed by atoms with E-state index in [4.69, 9.17) is 4.74 Å². The van der Waals surface area contributed by atoms with Gasteiger partial charge in [0.25, 0.3) is 5.91 Å². The van der Waals surface area contributed by atoms with Crippen LogP contribution >= 0.6 is 67.8 Å². The van der Waals surface area contributed by atoms with E-state index in [0.29, 0.717) is 31.6 Å². The molecule has 0 aliphatic rings. The second-order valence-corrected chi connectivity index (χ2v) is 7.40. The molecule has 1 N–H and O–H groups in total. The maximum absolute atomic E-state index is 12.1. The molecule has 7 heteroatoms. The number of carbonyl (C=O) groups is 2. The maximum atomic E-state index is 12.1. The zero-order chi connectivity index (χ0) is 15.1. The topological polar surface area (TPSA) is 55.4 Å². The molecular weight excluding hydrogens is 599 g/mol. The zero-order valence-electron chi connectivity index (χ0n) is 10.8. The minimum Gasteiger partial charge on any atom is -0.466 e. The highest BCUT2D eigenvalue weighted by atomic mass is 127. The summed E-state index contributed by atoms with van der Waals surface area (Å²) in [5.41, 5.74) is 0.679. The van der Waals surface area contributed by atoms with Crippen molar-refractivity contribution < 1.29 is 14.3 Å². The first kappa shape index (κ1) is 18.4. The molecule has 0 saturated carbocycles. The quantitative estimate of drug-likeness (QED) is 0.231. The summed E-state index contributed by atoms with van der Waals surface area (Å²) in [6, 6.07) is 3.89. The number of hydrogen-bond donors (Lipinski definition) is 1. The van der Waals surface area contributed by atoms with Crippen molar-refractivity contribution in [2.75, 3.05) is 13.2 Å². The molecule has 0 aromatic heterocycles. The summed E-state index contributed by atoms with van der Waals surface area (Å²) in [4.78, 5) is 23.3. The molecule has 0 radical (unpaired) electrons. The molecule has 1 amide bonds. The third-order valence-corrected chi connectivity index (χ3v) is 6.05. The van der Waals surface area contributed by atoms with E-state index in [9.17, 15) is 9.59 Å². The predicted molar refractivity (Wildman–Crippen MR) is 103 cm³/mol. The third kappa shape index (κ3) is 6.00. The molecule has 0 bridgehead atoms. The number of rotatable bonds is 6. The fourth-order valence-corrected chi connectivity index (χ4v) is 3.89. The molecule has 0 aliphatic carbocycles. The Morgan fingerprint density at radius 3 is 2.60 bits per heavy atom. The van der Waals surface area contributed by atoms with Gasteiger partial charge in [-0.1, -0.05) is 0 Å². The predicted octanol–water partition coefficient (Wildman–Crippen LogP) is 3.57. The van der Waals surface area contributed by atoms with Crippen LogP contribution in [0.5, 0.6) is 0 Å². The summed E-state index contributed by atoms with van der Waals surface area (Å²) < 4.78 is 7.87. The molecule has 1 aromatic rings. The Kier molecular flexibility index (Phi) is 8.63. The lowest BCUT2D eigenvalue weighted by molar-refractivity contribution is -0.143. The van der Waals surface area contributed by atoms with Gasteiger partial charge in [0.2, 0.25) is 0 Å². The largest absolute Gasteiger partial charge is 0.466 e. The lowest BCUT2D eigenvalue weighted by Crippen LogP contribution is -2.26. The second-order valence-electron chi connectivity index (χ2n) is 3.91. The smallest absolute Gasteiger partial charge is 0.305 e. The van der Waals surface area contributed by atoms with Crippen molar-refractivity contribution >= 4 is 79.6 Å². The fourth-order valence-electron chi connectivity index (χ4n) is 1.48. The Hall–Kier alpha value is 0.350. The highest BCUT2D eigenvalue weighted by molar-refractivity contribution is 14.1.